The quantitative estimate of drug-likeness (QED) is 0.597. The van der Waals surface area contributed by atoms with E-state index in [2.05, 4.69) is 43.8 Å². The van der Waals surface area contributed by atoms with Crippen molar-refractivity contribution in [1.82, 2.24) is 5.32 Å². The topological polar surface area (TPSA) is 12.0 Å². The predicted octanol–water partition coefficient (Wildman–Crippen LogP) is 5.35. The average molecular weight is 469 g/mol. The average Bonchev–Trinajstić information content (AvgIpc) is 2.38. The van der Waals surface area contributed by atoms with E-state index >= 15 is 0 Å². The van der Waals surface area contributed by atoms with Crippen LogP contribution in [-0.2, 0) is 6.42 Å². The summed E-state index contributed by atoms with van der Waals surface area (Å²) in [6.45, 7) is 0. The third kappa shape index (κ3) is 4.16. The fourth-order valence-electron chi connectivity index (χ4n) is 2.11. The lowest BCUT2D eigenvalue weighted by Crippen LogP contribution is -2.20. The second kappa shape index (κ2) is 7.20. The van der Waals surface area contributed by atoms with Gasteiger partial charge in [0.2, 0.25) is 0 Å². The van der Waals surface area contributed by atoms with Gasteiger partial charge >= 0.3 is 0 Å². The van der Waals surface area contributed by atoms with Gasteiger partial charge in [0.1, 0.15) is 5.82 Å². The highest BCUT2D eigenvalue weighted by molar-refractivity contribution is 14.1. The molecule has 5 heteroatoms. The number of hydrogen-bond donors (Lipinski definition) is 1. The van der Waals surface area contributed by atoms with E-state index in [1.54, 1.807) is 6.07 Å². The molecule has 0 saturated carbocycles. The van der Waals surface area contributed by atoms with Gasteiger partial charge in [-0.2, -0.15) is 0 Å². The lowest BCUT2D eigenvalue weighted by molar-refractivity contribution is 0.581. The molecule has 0 aliphatic heterocycles. The van der Waals surface area contributed by atoms with Crippen molar-refractivity contribution >= 4 is 50.1 Å². The van der Waals surface area contributed by atoms with Crippen LogP contribution in [0.4, 0.5) is 4.39 Å². The minimum Gasteiger partial charge on any atom is -0.313 e. The molecule has 1 N–H and O–H groups in total. The number of hydrogen-bond acceptors (Lipinski definition) is 1. The fraction of sp³-hybridized carbons (Fsp3) is 0.200. The number of benzene rings is 2. The molecule has 0 radical (unpaired) electrons. The smallest absolute Gasteiger partial charge is 0.124 e. The minimum atomic E-state index is -0.231. The van der Waals surface area contributed by atoms with Crippen molar-refractivity contribution in [3.8, 4) is 0 Å². The standard InChI is InChI=1S/C15H13BrClFIN/c1-20-15(13-8-11(17)2-3-14(13)19)6-9-4-10(16)7-12(18)5-9/h2-5,7-8,15,20H,6H2,1H3. The van der Waals surface area contributed by atoms with E-state index in [1.165, 1.54) is 6.07 Å². The molecule has 2 rings (SSSR count). The second-order valence-electron chi connectivity index (χ2n) is 4.49. The third-order valence-electron chi connectivity index (χ3n) is 3.04. The maximum absolute atomic E-state index is 13.5. The van der Waals surface area contributed by atoms with Crippen LogP contribution in [0.1, 0.15) is 17.2 Å². The van der Waals surface area contributed by atoms with E-state index in [0.717, 1.165) is 19.2 Å². The summed E-state index contributed by atoms with van der Waals surface area (Å²) in [6.07, 6.45) is 0.698. The zero-order chi connectivity index (χ0) is 14.7. The Morgan fingerprint density at radius 2 is 2.05 bits per heavy atom. The summed E-state index contributed by atoms with van der Waals surface area (Å²) in [4.78, 5) is 0. The molecule has 1 unspecified atom stereocenters. The van der Waals surface area contributed by atoms with E-state index in [0.29, 0.717) is 11.4 Å². The molecule has 106 valence electrons. The number of nitrogens with one attached hydrogen (secondary N) is 1. The highest BCUT2D eigenvalue weighted by Crippen LogP contribution is 2.27. The molecule has 0 aromatic heterocycles. The van der Waals surface area contributed by atoms with Gasteiger partial charge in [0.25, 0.3) is 0 Å². The molecular formula is C15H13BrClFIN. The Balaban J connectivity index is 2.31. The van der Waals surface area contributed by atoms with Crippen molar-refractivity contribution in [3.05, 3.63) is 66.4 Å². The molecule has 20 heavy (non-hydrogen) atoms. The van der Waals surface area contributed by atoms with Crippen LogP contribution in [0.25, 0.3) is 0 Å². The van der Waals surface area contributed by atoms with Crippen LogP contribution >= 0.6 is 50.1 Å². The number of halogens is 4. The van der Waals surface area contributed by atoms with Crippen molar-refractivity contribution in [2.75, 3.05) is 7.05 Å². The Kier molecular flexibility index (Phi) is 5.84. The first-order chi connectivity index (χ1) is 9.49. The Hall–Kier alpha value is -0.170. The SMILES string of the molecule is CNC(Cc1cc(F)cc(Br)c1)c1cc(Cl)ccc1I. The second-order valence-corrected chi connectivity index (χ2v) is 7.00. The van der Waals surface area contributed by atoms with Crippen molar-refractivity contribution in [3.63, 3.8) is 0 Å². The van der Waals surface area contributed by atoms with Crippen LogP contribution in [0, 0.1) is 9.39 Å². The molecule has 1 atom stereocenters. The molecule has 0 heterocycles. The van der Waals surface area contributed by atoms with Gasteiger partial charge in [-0.1, -0.05) is 27.5 Å². The van der Waals surface area contributed by atoms with Gasteiger partial charge in [0.15, 0.2) is 0 Å². The number of rotatable bonds is 4. The maximum atomic E-state index is 13.5. The largest absolute Gasteiger partial charge is 0.313 e. The summed E-state index contributed by atoms with van der Waals surface area (Å²) in [7, 11) is 1.90. The molecular weight excluding hydrogens is 455 g/mol. The molecule has 0 aliphatic rings. The molecule has 0 amide bonds. The molecule has 0 saturated heterocycles. The summed E-state index contributed by atoms with van der Waals surface area (Å²) in [6, 6.07) is 10.9. The Bertz CT molecular complexity index is 601. The van der Waals surface area contributed by atoms with E-state index in [9.17, 15) is 4.39 Å². The molecule has 2 aromatic rings. The Morgan fingerprint density at radius 1 is 1.30 bits per heavy atom. The zero-order valence-electron chi connectivity index (χ0n) is 10.8. The number of likely N-dealkylation sites (N-methyl/N-ethyl adjacent to an activating group) is 1. The Labute approximate surface area is 145 Å². The van der Waals surface area contributed by atoms with Gasteiger partial charge in [-0.05, 0) is 83.6 Å². The van der Waals surface area contributed by atoms with Gasteiger partial charge in [-0.15, -0.1) is 0 Å². The van der Waals surface area contributed by atoms with Crippen molar-refractivity contribution in [2.24, 2.45) is 0 Å². The van der Waals surface area contributed by atoms with Crippen LogP contribution < -0.4 is 5.32 Å². The molecule has 0 aliphatic carbocycles. The summed E-state index contributed by atoms with van der Waals surface area (Å²) < 4.78 is 15.3. The van der Waals surface area contributed by atoms with Gasteiger partial charge in [-0.3, -0.25) is 0 Å². The molecule has 1 nitrogen and oxygen atoms in total. The highest BCUT2D eigenvalue weighted by atomic mass is 127. The van der Waals surface area contributed by atoms with Crippen LogP contribution in [0.15, 0.2) is 40.9 Å². The third-order valence-corrected chi connectivity index (χ3v) is 4.72. The first-order valence-corrected chi connectivity index (χ1v) is 8.31. The van der Waals surface area contributed by atoms with Crippen molar-refractivity contribution in [2.45, 2.75) is 12.5 Å². The predicted molar refractivity (Wildman–Crippen MR) is 93.8 cm³/mol. The lowest BCUT2D eigenvalue weighted by atomic mass is 9.99. The summed E-state index contributed by atoms with van der Waals surface area (Å²) >= 11 is 11.7. The van der Waals surface area contributed by atoms with E-state index in [-0.39, 0.29) is 11.9 Å². The van der Waals surface area contributed by atoms with E-state index in [1.807, 2.05) is 31.3 Å². The van der Waals surface area contributed by atoms with Crippen molar-refractivity contribution in [1.29, 1.82) is 0 Å². The Morgan fingerprint density at radius 3 is 2.70 bits per heavy atom. The molecule has 0 fully saturated rings. The van der Waals surface area contributed by atoms with Gasteiger partial charge in [0, 0.05) is 19.1 Å². The maximum Gasteiger partial charge on any atom is 0.124 e. The highest BCUT2D eigenvalue weighted by Gasteiger charge is 2.14. The first-order valence-electron chi connectivity index (χ1n) is 6.07. The monoisotopic (exact) mass is 467 g/mol. The minimum absolute atomic E-state index is 0.0919. The summed E-state index contributed by atoms with van der Waals surface area (Å²) in [5.41, 5.74) is 2.06. The summed E-state index contributed by atoms with van der Waals surface area (Å²) in [5.74, 6) is -0.231. The molecule has 0 spiro atoms. The van der Waals surface area contributed by atoms with Crippen LogP contribution in [0.5, 0.6) is 0 Å². The van der Waals surface area contributed by atoms with Crippen molar-refractivity contribution < 1.29 is 4.39 Å². The zero-order valence-corrected chi connectivity index (χ0v) is 15.3. The van der Waals surface area contributed by atoms with Crippen LogP contribution in [-0.4, -0.2) is 7.05 Å². The molecule has 2 aromatic carbocycles. The first kappa shape index (κ1) is 16.2. The summed E-state index contributed by atoms with van der Waals surface area (Å²) in [5, 5.41) is 3.98. The van der Waals surface area contributed by atoms with Gasteiger partial charge < -0.3 is 5.32 Å². The molecule has 0 bridgehead atoms. The lowest BCUT2D eigenvalue weighted by Gasteiger charge is -2.19. The fourth-order valence-corrected chi connectivity index (χ4v) is 3.52. The van der Waals surface area contributed by atoms with Gasteiger partial charge in [-0.25, -0.2) is 4.39 Å². The van der Waals surface area contributed by atoms with Crippen LogP contribution in [0.2, 0.25) is 5.02 Å². The van der Waals surface area contributed by atoms with E-state index in [4.69, 9.17) is 11.6 Å². The normalized spacial score (nSPS) is 12.4. The van der Waals surface area contributed by atoms with Gasteiger partial charge in [0.05, 0.1) is 0 Å². The van der Waals surface area contributed by atoms with E-state index < -0.39 is 0 Å². The van der Waals surface area contributed by atoms with Crippen LogP contribution in [0.3, 0.4) is 0 Å².